The first-order valence-corrected chi connectivity index (χ1v) is 9.88. The second-order valence-electron chi connectivity index (χ2n) is 6.57. The Hall–Kier alpha value is -2.82. The Labute approximate surface area is 179 Å². The number of halogens is 2. The summed E-state index contributed by atoms with van der Waals surface area (Å²) in [5, 5.41) is 6.50. The number of benzene rings is 3. The van der Waals surface area contributed by atoms with Crippen LogP contribution < -0.4 is 10.6 Å². The van der Waals surface area contributed by atoms with Gasteiger partial charge in [0.25, 0.3) is 0 Å². The van der Waals surface area contributed by atoms with Gasteiger partial charge < -0.3 is 10.6 Å². The van der Waals surface area contributed by atoms with E-state index < -0.39 is 6.17 Å². The Bertz CT molecular complexity index is 923. The molecule has 0 saturated carbocycles. The van der Waals surface area contributed by atoms with Crippen LogP contribution in [0.5, 0.6) is 0 Å². The SMILES string of the molecule is O=C(Cc1ccccc1)NC(NC(=O)Cc1ccccc1)c1ccc(Cl)c(Cl)c1. The van der Waals surface area contributed by atoms with Gasteiger partial charge in [-0.25, -0.2) is 0 Å². The fourth-order valence-electron chi connectivity index (χ4n) is 2.88. The van der Waals surface area contributed by atoms with E-state index in [-0.39, 0.29) is 24.7 Å². The van der Waals surface area contributed by atoms with Crippen molar-refractivity contribution in [1.82, 2.24) is 10.6 Å². The normalized spacial score (nSPS) is 10.6. The predicted molar refractivity (Wildman–Crippen MR) is 116 cm³/mol. The maximum Gasteiger partial charge on any atom is 0.226 e. The Morgan fingerprint density at radius 1 is 0.690 bits per heavy atom. The van der Waals surface area contributed by atoms with Crippen molar-refractivity contribution < 1.29 is 9.59 Å². The van der Waals surface area contributed by atoms with Crippen LogP contribution in [0.3, 0.4) is 0 Å². The minimum absolute atomic E-state index is 0.202. The standard InChI is InChI=1S/C23H20Cl2N2O2/c24-19-12-11-18(15-20(19)25)23(26-21(28)13-16-7-3-1-4-8-16)27-22(29)14-17-9-5-2-6-10-17/h1-12,15,23H,13-14H2,(H,26,28)(H,27,29). The third-order valence-corrected chi connectivity index (χ3v) is 5.04. The molecule has 3 aromatic carbocycles. The maximum atomic E-state index is 12.6. The largest absolute Gasteiger partial charge is 0.332 e. The van der Waals surface area contributed by atoms with Crippen molar-refractivity contribution in [3.63, 3.8) is 0 Å². The van der Waals surface area contributed by atoms with E-state index in [1.807, 2.05) is 60.7 Å². The molecule has 0 unspecified atom stereocenters. The van der Waals surface area contributed by atoms with Crippen LogP contribution >= 0.6 is 23.2 Å². The summed E-state index contributed by atoms with van der Waals surface area (Å²) >= 11 is 12.1. The van der Waals surface area contributed by atoms with E-state index >= 15 is 0 Å². The summed E-state index contributed by atoms with van der Waals surface area (Å²) in [7, 11) is 0. The minimum atomic E-state index is -0.725. The van der Waals surface area contributed by atoms with Gasteiger partial charge in [-0.05, 0) is 28.8 Å². The smallest absolute Gasteiger partial charge is 0.226 e. The Morgan fingerprint density at radius 2 is 1.17 bits per heavy atom. The van der Waals surface area contributed by atoms with Crippen molar-refractivity contribution in [1.29, 1.82) is 0 Å². The number of rotatable bonds is 7. The lowest BCUT2D eigenvalue weighted by atomic mass is 10.1. The number of hydrogen-bond donors (Lipinski definition) is 2. The van der Waals surface area contributed by atoms with Crippen LogP contribution in [0.15, 0.2) is 78.9 Å². The van der Waals surface area contributed by atoms with Crippen LogP contribution in [0.25, 0.3) is 0 Å². The van der Waals surface area contributed by atoms with Crippen LogP contribution in [0.2, 0.25) is 10.0 Å². The van der Waals surface area contributed by atoms with E-state index in [0.29, 0.717) is 15.6 Å². The summed E-state index contributed by atoms with van der Waals surface area (Å²) in [5.74, 6) is -0.431. The summed E-state index contributed by atoms with van der Waals surface area (Å²) in [5.41, 5.74) is 2.41. The summed E-state index contributed by atoms with van der Waals surface area (Å²) in [6, 6.07) is 23.8. The molecule has 3 aromatic rings. The molecule has 0 atom stereocenters. The summed E-state index contributed by atoms with van der Waals surface area (Å²) < 4.78 is 0. The van der Waals surface area contributed by atoms with Crippen molar-refractivity contribution in [2.45, 2.75) is 19.0 Å². The second-order valence-corrected chi connectivity index (χ2v) is 7.38. The number of nitrogens with one attached hydrogen (secondary N) is 2. The van der Waals surface area contributed by atoms with Gasteiger partial charge in [-0.2, -0.15) is 0 Å². The van der Waals surface area contributed by atoms with Crippen LogP contribution in [0, 0.1) is 0 Å². The third-order valence-electron chi connectivity index (χ3n) is 4.30. The van der Waals surface area contributed by atoms with Gasteiger partial charge in [0.2, 0.25) is 11.8 Å². The molecular formula is C23H20Cl2N2O2. The van der Waals surface area contributed by atoms with E-state index in [1.165, 1.54) is 0 Å². The van der Waals surface area contributed by atoms with Crippen LogP contribution in [-0.4, -0.2) is 11.8 Å². The lowest BCUT2D eigenvalue weighted by Gasteiger charge is -2.21. The van der Waals surface area contributed by atoms with Gasteiger partial charge in [0, 0.05) is 0 Å². The Balaban J connectivity index is 1.74. The van der Waals surface area contributed by atoms with Gasteiger partial charge in [-0.1, -0.05) is 89.9 Å². The quantitative estimate of drug-likeness (QED) is 0.537. The van der Waals surface area contributed by atoms with E-state index in [0.717, 1.165) is 11.1 Å². The van der Waals surface area contributed by atoms with Crippen molar-refractivity contribution in [2.75, 3.05) is 0 Å². The highest BCUT2D eigenvalue weighted by molar-refractivity contribution is 6.42. The molecule has 0 spiro atoms. The van der Waals surface area contributed by atoms with Crippen LogP contribution in [-0.2, 0) is 22.4 Å². The second kappa shape index (κ2) is 10.1. The average Bonchev–Trinajstić information content (AvgIpc) is 2.71. The molecule has 0 aliphatic heterocycles. The van der Waals surface area contributed by atoms with Gasteiger partial charge in [-0.15, -0.1) is 0 Å². The highest BCUT2D eigenvalue weighted by atomic mass is 35.5. The summed E-state index contributed by atoms with van der Waals surface area (Å²) in [6.07, 6.45) is -0.322. The van der Waals surface area contributed by atoms with Gasteiger partial charge in [0.15, 0.2) is 0 Å². The zero-order valence-electron chi connectivity index (χ0n) is 15.6. The topological polar surface area (TPSA) is 58.2 Å². The lowest BCUT2D eigenvalue weighted by molar-refractivity contribution is -0.123. The van der Waals surface area contributed by atoms with Crippen molar-refractivity contribution in [3.05, 3.63) is 106 Å². The molecule has 0 aromatic heterocycles. The molecule has 0 aliphatic carbocycles. The molecule has 0 radical (unpaired) electrons. The van der Waals surface area contributed by atoms with Crippen LogP contribution in [0.4, 0.5) is 0 Å². The first-order chi connectivity index (χ1) is 14.0. The van der Waals surface area contributed by atoms with Gasteiger partial charge in [-0.3, -0.25) is 9.59 Å². The highest BCUT2D eigenvalue weighted by Crippen LogP contribution is 2.25. The fraction of sp³-hybridized carbons (Fsp3) is 0.130. The molecule has 0 bridgehead atoms. The molecule has 6 heteroatoms. The Kier molecular flexibility index (Phi) is 7.28. The molecule has 29 heavy (non-hydrogen) atoms. The first kappa shape index (κ1) is 20.9. The molecule has 2 N–H and O–H groups in total. The molecular weight excluding hydrogens is 407 g/mol. The zero-order chi connectivity index (χ0) is 20.6. The van der Waals surface area contributed by atoms with Crippen molar-refractivity contribution in [2.24, 2.45) is 0 Å². The zero-order valence-corrected chi connectivity index (χ0v) is 17.1. The number of carbonyl (C=O) groups is 2. The van der Waals surface area contributed by atoms with E-state index in [9.17, 15) is 9.59 Å². The third kappa shape index (κ3) is 6.34. The number of hydrogen-bond acceptors (Lipinski definition) is 2. The molecule has 2 amide bonds. The average molecular weight is 427 g/mol. The number of amides is 2. The lowest BCUT2D eigenvalue weighted by Crippen LogP contribution is -2.42. The van der Waals surface area contributed by atoms with Crippen molar-refractivity contribution >= 4 is 35.0 Å². The molecule has 4 nitrogen and oxygen atoms in total. The van der Waals surface area contributed by atoms with Crippen LogP contribution in [0.1, 0.15) is 22.9 Å². The van der Waals surface area contributed by atoms with Gasteiger partial charge >= 0.3 is 0 Å². The van der Waals surface area contributed by atoms with E-state index in [1.54, 1.807) is 18.2 Å². The summed E-state index contributed by atoms with van der Waals surface area (Å²) in [4.78, 5) is 25.1. The van der Waals surface area contributed by atoms with E-state index in [4.69, 9.17) is 23.2 Å². The highest BCUT2D eigenvalue weighted by Gasteiger charge is 2.18. The molecule has 3 rings (SSSR count). The minimum Gasteiger partial charge on any atom is -0.332 e. The van der Waals surface area contributed by atoms with Crippen molar-refractivity contribution in [3.8, 4) is 0 Å². The van der Waals surface area contributed by atoms with Gasteiger partial charge in [0.05, 0.1) is 22.9 Å². The number of carbonyl (C=O) groups excluding carboxylic acids is 2. The van der Waals surface area contributed by atoms with Gasteiger partial charge in [0.1, 0.15) is 6.17 Å². The fourth-order valence-corrected chi connectivity index (χ4v) is 3.19. The molecule has 0 fully saturated rings. The molecule has 148 valence electrons. The molecule has 0 aliphatic rings. The maximum absolute atomic E-state index is 12.6. The monoisotopic (exact) mass is 426 g/mol. The van der Waals surface area contributed by atoms with E-state index in [2.05, 4.69) is 10.6 Å². The summed E-state index contributed by atoms with van der Waals surface area (Å²) in [6.45, 7) is 0. The molecule has 0 heterocycles. The molecule has 0 saturated heterocycles. The Morgan fingerprint density at radius 3 is 1.62 bits per heavy atom. The first-order valence-electron chi connectivity index (χ1n) is 9.13. The predicted octanol–water partition coefficient (Wildman–Crippen LogP) is 4.71.